The maximum Gasteiger partial charge on any atom is 0.407 e. The molecule has 3 aromatic carbocycles. The molecule has 3 aromatic rings. The topological polar surface area (TPSA) is 134 Å². The van der Waals surface area contributed by atoms with E-state index in [1.807, 2.05) is 66.7 Å². The molecule has 3 rings (SSSR count). The van der Waals surface area contributed by atoms with E-state index in [9.17, 15) is 24.3 Å². The number of ether oxygens (including phenoxy) is 1. The minimum absolute atomic E-state index is 0.00485. The lowest BCUT2D eigenvalue weighted by atomic mass is 10.0. The number of alkyl carbamates (subject to hydrolysis) is 1. The van der Waals surface area contributed by atoms with Gasteiger partial charge in [0.2, 0.25) is 11.8 Å². The summed E-state index contributed by atoms with van der Waals surface area (Å²) in [5.41, 5.74) is 2.39. The van der Waals surface area contributed by atoms with Crippen LogP contribution in [0.15, 0.2) is 91.0 Å². The molecule has 0 aromatic heterocycles. The average molecular weight is 518 g/mol. The number of rotatable bonds is 13. The molecule has 0 aliphatic heterocycles. The summed E-state index contributed by atoms with van der Waals surface area (Å²) >= 11 is 0. The summed E-state index contributed by atoms with van der Waals surface area (Å²) < 4.78 is 5.12. The van der Waals surface area contributed by atoms with Crippen molar-refractivity contribution in [3.63, 3.8) is 0 Å². The van der Waals surface area contributed by atoms with Crippen LogP contribution in [-0.4, -0.2) is 47.6 Å². The van der Waals surface area contributed by atoms with Crippen LogP contribution in [0.25, 0.3) is 0 Å². The Morgan fingerprint density at radius 3 is 1.71 bits per heavy atom. The van der Waals surface area contributed by atoms with Crippen LogP contribution in [0, 0.1) is 0 Å². The van der Waals surface area contributed by atoms with Crippen LogP contribution in [-0.2, 0) is 38.6 Å². The number of benzene rings is 3. The first-order chi connectivity index (χ1) is 18.4. The Labute approximate surface area is 221 Å². The van der Waals surface area contributed by atoms with Crippen molar-refractivity contribution < 1.29 is 29.0 Å². The number of aliphatic carboxylic acids is 1. The molecule has 38 heavy (non-hydrogen) atoms. The van der Waals surface area contributed by atoms with Gasteiger partial charge < -0.3 is 25.8 Å². The van der Waals surface area contributed by atoms with Crippen LogP contribution >= 0.6 is 0 Å². The van der Waals surface area contributed by atoms with Gasteiger partial charge in [0.15, 0.2) is 0 Å². The van der Waals surface area contributed by atoms with Crippen LogP contribution < -0.4 is 16.0 Å². The predicted molar refractivity (Wildman–Crippen MR) is 141 cm³/mol. The first-order valence-corrected chi connectivity index (χ1v) is 12.3. The van der Waals surface area contributed by atoms with Crippen LogP contribution in [0.3, 0.4) is 0 Å². The van der Waals surface area contributed by atoms with Crippen molar-refractivity contribution in [1.29, 1.82) is 0 Å². The third-order valence-corrected chi connectivity index (χ3v) is 5.67. The predicted octanol–water partition coefficient (Wildman–Crippen LogP) is 2.84. The van der Waals surface area contributed by atoms with Gasteiger partial charge in [-0.05, 0) is 16.7 Å². The smallest absolute Gasteiger partial charge is 0.407 e. The SMILES string of the molecule is O=C(CCNC(=O)OCc1ccccc1)N[C@@H](Cc1ccccc1)C(=O)N[C@@H](Cc1ccccc1)C(=O)O. The van der Waals surface area contributed by atoms with Gasteiger partial charge in [-0.15, -0.1) is 0 Å². The van der Waals surface area contributed by atoms with Gasteiger partial charge in [0.05, 0.1) is 0 Å². The second kappa shape index (κ2) is 14.8. The molecule has 0 bridgehead atoms. The molecule has 9 nitrogen and oxygen atoms in total. The van der Waals surface area contributed by atoms with Gasteiger partial charge in [-0.3, -0.25) is 9.59 Å². The van der Waals surface area contributed by atoms with E-state index in [1.165, 1.54) is 0 Å². The van der Waals surface area contributed by atoms with Crippen LogP contribution in [0.4, 0.5) is 4.79 Å². The molecule has 0 saturated carbocycles. The first kappa shape index (κ1) is 27.9. The number of carboxylic acid groups (broad SMARTS) is 1. The summed E-state index contributed by atoms with van der Waals surface area (Å²) in [4.78, 5) is 49.5. The average Bonchev–Trinajstić information content (AvgIpc) is 2.93. The molecule has 0 aliphatic carbocycles. The second-order valence-corrected chi connectivity index (χ2v) is 8.64. The standard InChI is InChI=1S/C29H31N3O6/c33-26(16-17-30-29(37)38-20-23-14-8-3-9-15-23)31-24(18-21-10-4-1-5-11-21)27(34)32-25(28(35)36)19-22-12-6-2-7-13-22/h1-15,24-25H,16-20H2,(H,30,37)(H,31,33)(H,32,34)(H,35,36)/t24-,25-/m0/s1. The third-order valence-electron chi connectivity index (χ3n) is 5.67. The van der Waals surface area contributed by atoms with Crippen LogP contribution in [0.2, 0.25) is 0 Å². The molecule has 0 unspecified atom stereocenters. The number of amides is 3. The summed E-state index contributed by atoms with van der Waals surface area (Å²) in [5.74, 6) is -2.26. The zero-order valence-electron chi connectivity index (χ0n) is 20.8. The molecular formula is C29H31N3O6. The summed E-state index contributed by atoms with van der Waals surface area (Å²) in [6.07, 6.45) is -0.484. The van der Waals surface area contributed by atoms with E-state index in [-0.39, 0.29) is 32.4 Å². The maximum absolute atomic E-state index is 13.1. The quantitative estimate of drug-likeness (QED) is 0.276. The maximum atomic E-state index is 13.1. The van der Waals surface area contributed by atoms with Gasteiger partial charge in [-0.25, -0.2) is 9.59 Å². The van der Waals surface area contributed by atoms with E-state index in [1.54, 1.807) is 24.3 Å². The van der Waals surface area contributed by atoms with Gasteiger partial charge >= 0.3 is 12.1 Å². The molecule has 4 N–H and O–H groups in total. The Morgan fingerprint density at radius 1 is 0.684 bits per heavy atom. The van der Waals surface area contributed by atoms with Crippen molar-refractivity contribution in [2.75, 3.05) is 6.54 Å². The van der Waals surface area contributed by atoms with Crippen LogP contribution in [0.1, 0.15) is 23.1 Å². The fraction of sp³-hybridized carbons (Fsp3) is 0.241. The molecule has 3 amide bonds. The Balaban J connectivity index is 1.55. The van der Waals surface area contributed by atoms with Gasteiger partial charge in [-0.1, -0.05) is 91.0 Å². The van der Waals surface area contributed by atoms with E-state index in [2.05, 4.69) is 16.0 Å². The second-order valence-electron chi connectivity index (χ2n) is 8.64. The first-order valence-electron chi connectivity index (χ1n) is 12.3. The van der Waals surface area contributed by atoms with E-state index < -0.39 is 36.0 Å². The van der Waals surface area contributed by atoms with Gasteiger partial charge in [0.25, 0.3) is 0 Å². The van der Waals surface area contributed by atoms with Crippen molar-refractivity contribution in [3.05, 3.63) is 108 Å². The highest BCUT2D eigenvalue weighted by Crippen LogP contribution is 2.07. The molecule has 0 heterocycles. The summed E-state index contributed by atoms with van der Waals surface area (Å²) in [6, 6.07) is 25.1. The summed E-state index contributed by atoms with van der Waals surface area (Å²) in [6.45, 7) is 0.108. The Hall–Kier alpha value is -4.66. The number of nitrogens with one attached hydrogen (secondary N) is 3. The third kappa shape index (κ3) is 9.77. The highest BCUT2D eigenvalue weighted by atomic mass is 16.5. The zero-order valence-corrected chi connectivity index (χ0v) is 20.8. The van der Waals surface area contributed by atoms with Gasteiger partial charge in [0.1, 0.15) is 18.7 Å². The number of carbonyl (C=O) groups excluding carboxylic acids is 3. The van der Waals surface area contributed by atoms with E-state index >= 15 is 0 Å². The monoisotopic (exact) mass is 517 g/mol. The van der Waals surface area contributed by atoms with E-state index in [0.717, 1.165) is 16.7 Å². The van der Waals surface area contributed by atoms with Gasteiger partial charge in [0, 0.05) is 25.8 Å². The highest BCUT2D eigenvalue weighted by Gasteiger charge is 2.27. The minimum Gasteiger partial charge on any atom is -0.480 e. The number of carboxylic acids is 1. The summed E-state index contributed by atoms with van der Waals surface area (Å²) in [7, 11) is 0. The lowest BCUT2D eigenvalue weighted by molar-refractivity contribution is -0.142. The zero-order chi connectivity index (χ0) is 27.2. The fourth-order valence-electron chi connectivity index (χ4n) is 3.70. The molecule has 9 heteroatoms. The van der Waals surface area contributed by atoms with E-state index in [4.69, 9.17) is 4.74 Å². The van der Waals surface area contributed by atoms with Gasteiger partial charge in [-0.2, -0.15) is 0 Å². The molecule has 2 atom stereocenters. The van der Waals surface area contributed by atoms with Crippen molar-refractivity contribution in [2.45, 2.75) is 38.0 Å². The summed E-state index contributed by atoms with van der Waals surface area (Å²) in [5, 5.41) is 17.4. The van der Waals surface area contributed by atoms with E-state index in [0.29, 0.717) is 0 Å². The fourth-order valence-corrected chi connectivity index (χ4v) is 3.70. The lowest BCUT2D eigenvalue weighted by Crippen LogP contribution is -2.53. The molecule has 0 aliphatic rings. The molecular weight excluding hydrogens is 486 g/mol. The van der Waals surface area contributed by atoms with Crippen molar-refractivity contribution >= 4 is 23.9 Å². The largest absolute Gasteiger partial charge is 0.480 e. The van der Waals surface area contributed by atoms with Crippen LogP contribution in [0.5, 0.6) is 0 Å². The normalized spacial score (nSPS) is 12.0. The highest BCUT2D eigenvalue weighted by molar-refractivity contribution is 5.90. The number of hydrogen-bond donors (Lipinski definition) is 4. The number of hydrogen-bond acceptors (Lipinski definition) is 5. The van der Waals surface area contributed by atoms with Crippen molar-refractivity contribution in [1.82, 2.24) is 16.0 Å². The number of carbonyl (C=O) groups is 4. The lowest BCUT2D eigenvalue weighted by Gasteiger charge is -2.22. The molecule has 198 valence electrons. The van der Waals surface area contributed by atoms with Crippen molar-refractivity contribution in [3.8, 4) is 0 Å². The van der Waals surface area contributed by atoms with Crippen molar-refractivity contribution in [2.24, 2.45) is 0 Å². The Morgan fingerprint density at radius 2 is 1.18 bits per heavy atom. The Kier molecular flexibility index (Phi) is 10.9. The Bertz CT molecular complexity index is 1190. The molecule has 0 saturated heterocycles. The molecule has 0 spiro atoms. The minimum atomic E-state index is -1.18. The molecule has 0 radical (unpaired) electrons. The molecule has 0 fully saturated rings.